The van der Waals surface area contributed by atoms with Gasteiger partial charge < -0.3 is 26.8 Å². The minimum absolute atomic E-state index is 0. The van der Waals surface area contributed by atoms with Crippen molar-refractivity contribution in [2.75, 3.05) is 26.7 Å². The standard InChI is InChI=1S/C20H21BrNO3.BrH/c1-25-15-6-7-18-17(10-15)16-8-9-22(18,12-20(16)24)11-19(23)13-2-4-14(21)5-3-13;/h2-7,10,16,20,24H,8-9,11-12H2,1H3;1H/q+1;/p-1. The minimum Gasteiger partial charge on any atom is -1.00 e. The van der Waals surface area contributed by atoms with E-state index >= 15 is 0 Å². The number of benzene rings is 2. The van der Waals surface area contributed by atoms with E-state index in [2.05, 4.69) is 22.0 Å². The number of fused-ring (bicyclic) bond motifs is 2. The number of piperidine rings is 1. The molecular formula is C20H21Br2NO3. The van der Waals surface area contributed by atoms with Crippen LogP contribution in [0, 0.1) is 0 Å². The van der Waals surface area contributed by atoms with E-state index in [0.29, 0.717) is 23.1 Å². The fourth-order valence-corrected chi connectivity index (χ4v) is 4.62. The summed E-state index contributed by atoms with van der Waals surface area (Å²) in [6.07, 6.45) is 0.487. The summed E-state index contributed by atoms with van der Waals surface area (Å²) >= 11 is 3.41. The van der Waals surface area contributed by atoms with E-state index in [4.69, 9.17) is 4.74 Å². The second kappa shape index (κ2) is 7.43. The average Bonchev–Trinajstić information content (AvgIpc) is 2.62. The molecule has 1 fully saturated rings. The van der Waals surface area contributed by atoms with Gasteiger partial charge in [-0.05, 0) is 24.3 Å². The van der Waals surface area contributed by atoms with E-state index in [-0.39, 0.29) is 28.7 Å². The number of halogens is 2. The summed E-state index contributed by atoms with van der Waals surface area (Å²) in [5.74, 6) is 1.06. The SMILES string of the molecule is COc1ccc2c(c1)C1CC[N+]2(CC(=O)c2ccc(Br)cc2)CC1O.[Br-]. The van der Waals surface area contributed by atoms with Crippen molar-refractivity contribution in [3.05, 3.63) is 58.1 Å². The summed E-state index contributed by atoms with van der Waals surface area (Å²) in [7, 11) is 1.65. The Kier molecular flexibility index (Phi) is 5.58. The van der Waals surface area contributed by atoms with Crippen LogP contribution >= 0.6 is 15.9 Å². The molecule has 6 heteroatoms. The molecular weight excluding hydrogens is 462 g/mol. The topological polar surface area (TPSA) is 46.5 Å². The first-order valence-electron chi connectivity index (χ1n) is 8.54. The zero-order valence-electron chi connectivity index (χ0n) is 14.5. The lowest BCUT2D eigenvalue weighted by Crippen LogP contribution is -3.00. The molecule has 2 aromatic carbocycles. The van der Waals surface area contributed by atoms with Gasteiger partial charge in [0, 0.05) is 34.0 Å². The van der Waals surface area contributed by atoms with Crippen LogP contribution in [0.3, 0.4) is 0 Å². The van der Waals surface area contributed by atoms with Gasteiger partial charge in [0.15, 0.2) is 0 Å². The molecule has 3 heterocycles. The van der Waals surface area contributed by atoms with Gasteiger partial charge in [-0.25, -0.2) is 0 Å². The molecule has 3 atom stereocenters. The Morgan fingerprint density at radius 1 is 1.27 bits per heavy atom. The van der Waals surface area contributed by atoms with E-state index in [1.165, 1.54) is 0 Å². The Labute approximate surface area is 172 Å². The molecule has 3 aliphatic rings. The van der Waals surface area contributed by atoms with Gasteiger partial charge in [-0.1, -0.05) is 28.1 Å². The van der Waals surface area contributed by atoms with Crippen molar-refractivity contribution < 1.29 is 31.6 Å². The van der Waals surface area contributed by atoms with Crippen molar-refractivity contribution in [1.29, 1.82) is 0 Å². The first-order chi connectivity index (χ1) is 12.0. The number of aliphatic hydroxyl groups is 1. The lowest BCUT2D eigenvalue weighted by atomic mass is 9.78. The highest BCUT2D eigenvalue weighted by Crippen LogP contribution is 2.48. The molecule has 138 valence electrons. The number of nitrogens with zero attached hydrogens (tertiary/aromatic N) is 1. The number of ether oxygens (including phenoxy) is 1. The fraction of sp³-hybridized carbons (Fsp3) is 0.350. The largest absolute Gasteiger partial charge is 1.00 e. The zero-order valence-corrected chi connectivity index (χ0v) is 17.7. The quantitative estimate of drug-likeness (QED) is 0.510. The Bertz CT molecular complexity index is 824. The third kappa shape index (κ3) is 3.24. The van der Waals surface area contributed by atoms with Crippen LogP contribution in [0.5, 0.6) is 5.75 Å². The number of aliphatic hydroxyl groups excluding tert-OH is 1. The van der Waals surface area contributed by atoms with Crippen LogP contribution in [0.25, 0.3) is 0 Å². The molecule has 0 saturated carbocycles. The first-order valence-corrected chi connectivity index (χ1v) is 9.33. The maximum Gasteiger partial charge on any atom is 0.217 e. The molecule has 3 aliphatic heterocycles. The third-order valence-corrected chi connectivity index (χ3v) is 6.16. The minimum atomic E-state index is -0.411. The Balaban J connectivity index is 0.00000196. The average molecular weight is 483 g/mol. The molecule has 0 spiro atoms. The van der Waals surface area contributed by atoms with E-state index in [0.717, 1.165) is 34.4 Å². The van der Waals surface area contributed by atoms with Gasteiger partial charge in [-0.3, -0.25) is 9.28 Å². The highest BCUT2D eigenvalue weighted by Gasteiger charge is 2.50. The van der Waals surface area contributed by atoms with Crippen molar-refractivity contribution in [1.82, 2.24) is 4.48 Å². The van der Waals surface area contributed by atoms with Crippen molar-refractivity contribution in [2.45, 2.75) is 18.4 Å². The van der Waals surface area contributed by atoms with Gasteiger partial charge in [0.25, 0.3) is 0 Å². The van der Waals surface area contributed by atoms with Gasteiger partial charge in [-0.15, -0.1) is 0 Å². The van der Waals surface area contributed by atoms with Gasteiger partial charge >= 0.3 is 0 Å². The molecule has 1 N–H and O–H groups in total. The number of methoxy groups -OCH3 is 1. The van der Waals surface area contributed by atoms with Gasteiger partial charge in [0.2, 0.25) is 5.78 Å². The number of quaternary nitrogens is 1. The van der Waals surface area contributed by atoms with E-state index in [1.54, 1.807) is 7.11 Å². The van der Waals surface area contributed by atoms with Crippen LogP contribution in [0.15, 0.2) is 46.9 Å². The Hall–Kier alpha value is -1.21. The highest BCUT2D eigenvalue weighted by atomic mass is 79.9. The zero-order chi connectivity index (χ0) is 17.6. The molecule has 4 nitrogen and oxygen atoms in total. The van der Waals surface area contributed by atoms with E-state index in [1.807, 2.05) is 36.4 Å². The van der Waals surface area contributed by atoms with Crippen molar-refractivity contribution in [2.24, 2.45) is 0 Å². The third-order valence-electron chi connectivity index (χ3n) is 5.63. The van der Waals surface area contributed by atoms with Gasteiger partial charge in [-0.2, -0.15) is 0 Å². The second-order valence-corrected chi connectivity index (χ2v) is 7.94. The number of rotatable bonds is 4. The molecule has 2 aromatic rings. The molecule has 5 rings (SSSR count). The lowest BCUT2D eigenvalue weighted by molar-refractivity contribution is -0.0000246. The van der Waals surface area contributed by atoms with E-state index < -0.39 is 6.10 Å². The monoisotopic (exact) mass is 481 g/mol. The van der Waals surface area contributed by atoms with Crippen LogP contribution in [-0.2, 0) is 0 Å². The molecule has 1 saturated heterocycles. The summed E-state index contributed by atoms with van der Waals surface area (Å²) in [5, 5.41) is 10.6. The number of carbonyl (C=O) groups excluding carboxylic acids is 1. The maximum absolute atomic E-state index is 12.9. The Morgan fingerprint density at radius 3 is 2.65 bits per heavy atom. The van der Waals surface area contributed by atoms with Crippen LogP contribution in [0.1, 0.15) is 28.3 Å². The van der Waals surface area contributed by atoms with Crippen LogP contribution in [0.2, 0.25) is 0 Å². The summed E-state index contributed by atoms with van der Waals surface area (Å²) in [4.78, 5) is 12.9. The number of carbonyl (C=O) groups is 1. The molecule has 0 radical (unpaired) electrons. The second-order valence-electron chi connectivity index (χ2n) is 7.03. The molecule has 2 bridgehead atoms. The number of hydrogen-bond donors (Lipinski definition) is 1. The van der Waals surface area contributed by atoms with E-state index in [9.17, 15) is 9.90 Å². The number of Topliss-reactive ketones (excluding diaryl/α,β-unsaturated/α-hetero) is 1. The molecule has 0 aromatic heterocycles. The van der Waals surface area contributed by atoms with Crippen LogP contribution in [0.4, 0.5) is 5.69 Å². The molecule has 0 aliphatic carbocycles. The summed E-state index contributed by atoms with van der Waals surface area (Å²) in [5.41, 5.74) is 3.01. The summed E-state index contributed by atoms with van der Waals surface area (Å²) < 4.78 is 6.85. The summed E-state index contributed by atoms with van der Waals surface area (Å²) in [6, 6.07) is 13.5. The van der Waals surface area contributed by atoms with Crippen molar-refractivity contribution in [3.63, 3.8) is 0 Å². The molecule has 3 unspecified atom stereocenters. The van der Waals surface area contributed by atoms with Crippen molar-refractivity contribution >= 4 is 27.4 Å². The predicted molar refractivity (Wildman–Crippen MR) is 101 cm³/mol. The maximum atomic E-state index is 12.9. The fourth-order valence-electron chi connectivity index (χ4n) is 4.36. The Morgan fingerprint density at radius 2 is 2.00 bits per heavy atom. The number of ketones is 1. The lowest BCUT2D eigenvalue weighted by Gasteiger charge is -2.51. The highest BCUT2D eigenvalue weighted by molar-refractivity contribution is 9.10. The normalized spacial score (nSPS) is 26.0. The number of hydrogen-bond acceptors (Lipinski definition) is 3. The predicted octanol–water partition coefficient (Wildman–Crippen LogP) is 0.514. The van der Waals surface area contributed by atoms with Gasteiger partial charge in [0.05, 0.1) is 13.7 Å². The molecule has 0 amide bonds. The first kappa shape index (κ1) is 19.5. The van der Waals surface area contributed by atoms with Crippen LogP contribution < -0.4 is 26.2 Å². The van der Waals surface area contributed by atoms with Crippen molar-refractivity contribution in [3.8, 4) is 5.75 Å². The smallest absolute Gasteiger partial charge is 0.217 e. The summed E-state index contributed by atoms with van der Waals surface area (Å²) in [6.45, 7) is 1.88. The van der Waals surface area contributed by atoms with Crippen LogP contribution in [-0.4, -0.2) is 43.7 Å². The van der Waals surface area contributed by atoms with Gasteiger partial charge in [0.1, 0.15) is 30.6 Å². The molecule has 26 heavy (non-hydrogen) atoms.